The second kappa shape index (κ2) is 7.86. The average molecular weight is 402 g/mol. The minimum Gasteiger partial charge on any atom is -0.354 e. The van der Waals surface area contributed by atoms with Crippen LogP contribution in [0.4, 0.5) is 0 Å². The number of ketones is 1. The lowest BCUT2D eigenvalue weighted by Gasteiger charge is -2.57. The minimum absolute atomic E-state index is 0.0431. The van der Waals surface area contributed by atoms with Crippen molar-refractivity contribution in [2.45, 2.75) is 72.1 Å². The third kappa shape index (κ3) is 3.65. The molecule has 0 bridgehead atoms. The summed E-state index contributed by atoms with van der Waals surface area (Å²) in [5.41, 5.74) is 5.48. The lowest BCUT2D eigenvalue weighted by atomic mass is 9.47. The van der Waals surface area contributed by atoms with Crippen LogP contribution >= 0.6 is 0 Å². The smallest absolute Gasteiger partial charge is 0.216 e. The number of hydrogen-bond acceptors (Lipinski definition) is 5. The Hall–Kier alpha value is -1.69. The second-order valence-electron chi connectivity index (χ2n) is 9.95. The molecule has 29 heavy (non-hydrogen) atoms. The molecule has 0 aromatic heterocycles. The molecule has 0 aromatic rings. The van der Waals surface area contributed by atoms with Crippen LogP contribution < -0.4 is 10.9 Å². The van der Waals surface area contributed by atoms with Gasteiger partial charge in [-0.15, -0.1) is 0 Å². The van der Waals surface area contributed by atoms with Gasteiger partial charge in [-0.2, -0.15) is 10.7 Å². The predicted molar refractivity (Wildman–Crippen MR) is 112 cm³/mol. The van der Waals surface area contributed by atoms with Crippen LogP contribution in [0.3, 0.4) is 0 Å². The van der Waals surface area contributed by atoms with Gasteiger partial charge in [-0.3, -0.25) is 14.4 Å². The molecule has 160 valence electrons. The first-order valence-electron chi connectivity index (χ1n) is 11.3. The van der Waals surface area contributed by atoms with E-state index in [0.717, 1.165) is 44.2 Å². The summed E-state index contributed by atoms with van der Waals surface area (Å²) in [4.78, 5) is 28.7. The van der Waals surface area contributed by atoms with Gasteiger partial charge in [0.1, 0.15) is 5.78 Å². The summed E-state index contributed by atoms with van der Waals surface area (Å²) in [6.07, 6.45) is 10.9. The monoisotopic (exact) mass is 401 g/mol. The van der Waals surface area contributed by atoms with Crippen molar-refractivity contribution in [3.8, 4) is 0 Å². The molecule has 0 aliphatic heterocycles. The standard InChI is InChI=1S/C23H35N3O3/c1-15(27)24-12-13-29-26-25-17-8-10-22(2)16(14-17)4-5-18-19-6-7-21(28)23(19,3)11-9-20(18)22/h14,18-20,26H,4-13H2,1-3H3,(H,24,27). The molecule has 0 aromatic carbocycles. The maximum absolute atomic E-state index is 12.5. The average Bonchev–Trinajstić information content (AvgIpc) is 2.99. The quantitative estimate of drug-likeness (QED) is 0.546. The van der Waals surface area contributed by atoms with Gasteiger partial charge in [-0.1, -0.05) is 19.4 Å². The Labute approximate surface area is 173 Å². The summed E-state index contributed by atoms with van der Waals surface area (Å²) in [5, 5.41) is 7.10. The number of hydrogen-bond donors (Lipinski definition) is 2. The maximum Gasteiger partial charge on any atom is 0.216 e. The highest BCUT2D eigenvalue weighted by atomic mass is 16.7. The van der Waals surface area contributed by atoms with Gasteiger partial charge in [0.2, 0.25) is 5.91 Å². The summed E-state index contributed by atoms with van der Waals surface area (Å²) in [7, 11) is 0. The molecule has 0 saturated heterocycles. The summed E-state index contributed by atoms with van der Waals surface area (Å²) in [5.74, 6) is 2.47. The number of amides is 1. The number of carbonyl (C=O) groups excluding carboxylic acids is 2. The van der Waals surface area contributed by atoms with Gasteiger partial charge in [0.15, 0.2) is 0 Å². The molecule has 2 N–H and O–H groups in total. The molecule has 0 spiro atoms. The molecule has 4 rings (SSSR count). The molecule has 4 aliphatic carbocycles. The van der Waals surface area contributed by atoms with Crippen molar-refractivity contribution in [3.05, 3.63) is 11.6 Å². The first-order valence-corrected chi connectivity index (χ1v) is 11.3. The van der Waals surface area contributed by atoms with Crippen LogP contribution in [-0.4, -0.2) is 30.6 Å². The fraction of sp³-hybridized carbons (Fsp3) is 0.783. The first kappa shape index (κ1) is 20.6. The van der Waals surface area contributed by atoms with Crippen LogP contribution in [0.2, 0.25) is 0 Å². The molecule has 6 nitrogen and oxygen atoms in total. The molecule has 0 radical (unpaired) electrons. The molecular weight excluding hydrogens is 366 g/mol. The Kier molecular flexibility index (Phi) is 5.58. The molecule has 6 heteroatoms. The number of hydrazone groups is 1. The van der Waals surface area contributed by atoms with E-state index in [9.17, 15) is 9.59 Å². The summed E-state index contributed by atoms with van der Waals surface area (Å²) >= 11 is 0. The maximum atomic E-state index is 12.5. The van der Waals surface area contributed by atoms with Crippen molar-refractivity contribution in [2.24, 2.45) is 33.7 Å². The summed E-state index contributed by atoms with van der Waals surface area (Å²) in [6.45, 7) is 7.06. The third-order valence-corrected chi connectivity index (χ3v) is 8.52. The normalized spacial score (nSPS) is 40.0. The number of carbonyl (C=O) groups is 2. The highest BCUT2D eigenvalue weighted by Gasteiger charge is 2.58. The van der Waals surface area contributed by atoms with Crippen molar-refractivity contribution < 1.29 is 14.4 Å². The number of allylic oxidation sites excluding steroid dienone is 2. The van der Waals surface area contributed by atoms with E-state index in [4.69, 9.17) is 4.84 Å². The number of nitrogens with one attached hydrogen (secondary N) is 2. The van der Waals surface area contributed by atoms with E-state index in [2.05, 4.69) is 35.9 Å². The number of Topliss-reactive ketones (excluding diaryl/α,β-unsaturated/α-hetero) is 1. The first-order chi connectivity index (χ1) is 13.8. The van der Waals surface area contributed by atoms with Gasteiger partial charge in [-0.05, 0) is 74.2 Å². The Morgan fingerprint density at radius 3 is 2.72 bits per heavy atom. The second-order valence-corrected chi connectivity index (χ2v) is 9.95. The Balaban J connectivity index is 1.40. The molecule has 5 unspecified atom stereocenters. The van der Waals surface area contributed by atoms with Gasteiger partial charge in [0, 0.05) is 25.3 Å². The summed E-state index contributed by atoms with van der Waals surface area (Å²) < 4.78 is 0. The lowest BCUT2D eigenvalue weighted by molar-refractivity contribution is -0.132. The largest absolute Gasteiger partial charge is 0.354 e. The SMILES string of the molecule is CC(=O)NCCONN=C1C=C2CCC3C4CCC(=O)C4(C)CCC3C2(C)CC1. The van der Waals surface area contributed by atoms with Crippen LogP contribution in [0, 0.1) is 28.6 Å². The molecule has 1 amide bonds. The van der Waals surface area contributed by atoms with E-state index in [0.29, 0.717) is 36.7 Å². The minimum atomic E-state index is -0.0585. The van der Waals surface area contributed by atoms with Crippen LogP contribution in [0.15, 0.2) is 16.8 Å². The van der Waals surface area contributed by atoms with Crippen LogP contribution in [0.5, 0.6) is 0 Å². The molecule has 3 saturated carbocycles. The topological polar surface area (TPSA) is 79.8 Å². The highest BCUT2D eigenvalue weighted by molar-refractivity contribution is 5.96. The highest BCUT2D eigenvalue weighted by Crippen LogP contribution is 2.64. The lowest BCUT2D eigenvalue weighted by Crippen LogP contribution is -2.50. The fourth-order valence-corrected chi connectivity index (χ4v) is 6.84. The molecule has 3 fully saturated rings. The van der Waals surface area contributed by atoms with E-state index in [1.165, 1.54) is 25.3 Å². The van der Waals surface area contributed by atoms with E-state index in [1.54, 1.807) is 0 Å². The number of rotatable bonds is 5. The molecular formula is C23H35N3O3. The van der Waals surface area contributed by atoms with E-state index < -0.39 is 0 Å². The Morgan fingerprint density at radius 1 is 1.14 bits per heavy atom. The zero-order chi connectivity index (χ0) is 20.6. The van der Waals surface area contributed by atoms with Crippen molar-refractivity contribution in [1.29, 1.82) is 0 Å². The Bertz CT molecular complexity index is 746. The van der Waals surface area contributed by atoms with Crippen LogP contribution in [-0.2, 0) is 14.4 Å². The van der Waals surface area contributed by atoms with E-state index >= 15 is 0 Å². The summed E-state index contributed by atoms with van der Waals surface area (Å²) in [6, 6.07) is 0. The third-order valence-electron chi connectivity index (χ3n) is 8.52. The number of nitrogens with zero attached hydrogens (tertiary/aromatic N) is 1. The predicted octanol–water partition coefficient (Wildman–Crippen LogP) is 3.53. The molecule has 0 heterocycles. The van der Waals surface area contributed by atoms with Gasteiger partial charge < -0.3 is 5.32 Å². The van der Waals surface area contributed by atoms with Crippen molar-refractivity contribution in [3.63, 3.8) is 0 Å². The fourth-order valence-electron chi connectivity index (χ4n) is 6.84. The number of fused-ring (bicyclic) bond motifs is 5. The van der Waals surface area contributed by atoms with Crippen LogP contribution in [0.1, 0.15) is 72.1 Å². The molecule has 5 atom stereocenters. The van der Waals surface area contributed by atoms with Gasteiger partial charge in [0.05, 0.1) is 12.3 Å². The van der Waals surface area contributed by atoms with E-state index in [-0.39, 0.29) is 16.7 Å². The Morgan fingerprint density at radius 2 is 1.93 bits per heavy atom. The zero-order valence-electron chi connectivity index (χ0n) is 18.1. The van der Waals surface area contributed by atoms with Crippen LogP contribution in [0.25, 0.3) is 0 Å². The van der Waals surface area contributed by atoms with Crippen molar-refractivity contribution in [1.82, 2.24) is 10.9 Å². The van der Waals surface area contributed by atoms with Gasteiger partial charge in [0.25, 0.3) is 0 Å². The van der Waals surface area contributed by atoms with Gasteiger partial charge >= 0.3 is 0 Å². The zero-order valence-corrected chi connectivity index (χ0v) is 18.1. The molecule has 4 aliphatic rings. The van der Waals surface area contributed by atoms with Crippen molar-refractivity contribution >= 4 is 17.4 Å². The van der Waals surface area contributed by atoms with Gasteiger partial charge in [-0.25, -0.2) is 0 Å². The van der Waals surface area contributed by atoms with E-state index in [1.807, 2.05) is 0 Å². The van der Waals surface area contributed by atoms with Crippen molar-refractivity contribution in [2.75, 3.05) is 13.2 Å².